The first kappa shape index (κ1) is 24.8. The summed E-state index contributed by atoms with van der Waals surface area (Å²) in [7, 11) is 0. The van der Waals surface area contributed by atoms with Gasteiger partial charge in [-0.25, -0.2) is 0 Å². The van der Waals surface area contributed by atoms with Gasteiger partial charge in [0.2, 0.25) is 0 Å². The Morgan fingerprint density at radius 2 is 1.55 bits per heavy atom. The van der Waals surface area contributed by atoms with Gasteiger partial charge in [0.05, 0.1) is 0 Å². The second-order valence-electron chi connectivity index (χ2n) is 7.22. The zero-order valence-electron chi connectivity index (χ0n) is 18.1. The van der Waals surface area contributed by atoms with Gasteiger partial charge in [-0.15, -0.1) is 0 Å². The van der Waals surface area contributed by atoms with Crippen molar-refractivity contribution in [1.82, 2.24) is 5.32 Å². The van der Waals surface area contributed by atoms with Gasteiger partial charge in [0.15, 0.2) is 0 Å². The fourth-order valence-corrected chi connectivity index (χ4v) is 6.00. The Labute approximate surface area is 187 Å². The summed E-state index contributed by atoms with van der Waals surface area (Å²) in [4.78, 5) is 47.2. The molecule has 0 aliphatic carbocycles. The summed E-state index contributed by atoms with van der Waals surface area (Å²) in [6.07, 6.45) is -3.04. The Morgan fingerprint density at radius 1 is 0.968 bits per heavy atom. The van der Waals surface area contributed by atoms with Crippen LogP contribution in [-0.4, -0.2) is 74.2 Å². The first-order chi connectivity index (χ1) is 14.5. The van der Waals surface area contributed by atoms with Crippen molar-refractivity contribution in [3.63, 3.8) is 0 Å². The van der Waals surface area contributed by atoms with Crippen molar-refractivity contribution in [2.45, 2.75) is 63.5 Å². The average Bonchev–Trinajstić information content (AvgIpc) is 2.65. The van der Waals surface area contributed by atoms with Crippen molar-refractivity contribution < 1.29 is 38.1 Å². The number of ether oxygens (including phenoxy) is 4. The van der Waals surface area contributed by atoms with Crippen LogP contribution >= 0.6 is 0 Å². The summed E-state index contributed by atoms with van der Waals surface area (Å²) in [6, 6.07) is 8.71. The standard InChI is InChI=1S/C21H27NO8Se/c1-12(23)22-20-19(29-15(4)26)18(28-14(3)25)17(11-27-13(2)24)30-21(20,5)31-16-9-7-6-8-10-16/h6-10,17-20H,11H2,1-5H3,(H,22,23)/t17-,18+,19+,20-,21-/m1/s1. The summed E-state index contributed by atoms with van der Waals surface area (Å²) in [5.74, 6) is -2.13. The number of esters is 3. The van der Waals surface area contributed by atoms with E-state index in [0.717, 1.165) is 4.46 Å². The molecular formula is C21H27NO8Se. The molecule has 0 saturated carbocycles. The van der Waals surface area contributed by atoms with E-state index < -0.39 is 46.8 Å². The van der Waals surface area contributed by atoms with Crippen LogP contribution in [0, 0.1) is 0 Å². The van der Waals surface area contributed by atoms with Crippen LogP contribution in [0.15, 0.2) is 30.3 Å². The zero-order valence-corrected chi connectivity index (χ0v) is 19.8. The zero-order chi connectivity index (χ0) is 23.2. The molecule has 5 atom stereocenters. The summed E-state index contributed by atoms with van der Waals surface area (Å²) in [5.41, 5.74) is 0. The van der Waals surface area contributed by atoms with Crippen LogP contribution in [0.3, 0.4) is 0 Å². The van der Waals surface area contributed by atoms with Crippen molar-refractivity contribution in [3.05, 3.63) is 30.3 Å². The molecular weight excluding hydrogens is 473 g/mol. The second-order valence-corrected chi connectivity index (χ2v) is 10.3. The Balaban J connectivity index is 2.52. The van der Waals surface area contributed by atoms with Gasteiger partial charge in [0.1, 0.15) is 0 Å². The molecule has 0 radical (unpaired) electrons. The maximum absolute atomic E-state index is 12.0. The minimum atomic E-state index is -1.09. The van der Waals surface area contributed by atoms with Crippen LogP contribution in [0.1, 0.15) is 34.6 Å². The van der Waals surface area contributed by atoms with E-state index in [4.69, 9.17) is 18.9 Å². The van der Waals surface area contributed by atoms with E-state index in [-0.39, 0.29) is 27.5 Å². The Hall–Kier alpha value is -2.42. The molecule has 170 valence electrons. The molecule has 1 aliphatic heterocycles. The molecule has 0 aromatic heterocycles. The molecule has 9 nitrogen and oxygen atoms in total. The number of carbonyl (C=O) groups excluding carboxylic acids is 4. The predicted molar refractivity (Wildman–Crippen MR) is 110 cm³/mol. The summed E-state index contributed by atoms with van der Waals surface area (Å²) < 4.78 is 22.4. The molecule has 1 fully saturated rings. The number of hydrogen-bond acceptors (Lipinski definition) is 8. The number of carbonyl (C=O) groups is 4. The van der Waals surface area contributed by atoms with Crippen molar-refractivity contribution in [1.29, 1.82) is 0 Å². The van der Waals surface area contributed by atoms with Gasteiger partial charge in [-0.2, -0.15) is 0 Å². The first-order valence-corrected chi connectivity index (χ1v) is 11.4. The van der Waals surface area contributed by atoms with E-state index in [1.807, 2.05) is 30.3 Å². The molecule has 1 N–H and O–H groups in total. The minimum absolute atomic E-state index is 0.210. The van der Waals surface area contributed by atoms with Crippen LogP contribution in [0.25, 0.3) is 0 Å². The van der Waals surface area contributed by atoms with Crippen LogP contribution in [-0.2, 0) is 38.1 Å². The van der Waals surface area contributed by atoms with Crippen molar-refractivity contribution in [2.24, 2.45) is 0 Å². The fraction of sp³-hybridized carbons (Fsp3) is 0.524. The summed E-state index contributed by atoms with van der Waals surface area (Å²) >= 11 is -0.366. The molecule has 1 amide bonds. The molecule has 0 spiro atoms. The Bertz CT molecular complexity index is 817. The maximum atomic E-state index is 12.0. The molecule has 1 saturated heterocycles. The van der Waals surface area contributed by atoms with Gasteiger partial charge in [-0.05, 0) is 0 Å². The SMILES string of the molecule is CC(=O)N[C@@H]1[C@@H](OC(C)=O)[C@@H](OC(C)=O)[C@@H](COC(C)=O)O[C@]1(C)[Se]c1ccccc1. The molecule has 1 heterocycles. The Morgan fingerprint density at radius 3 is 2.06 bits per heavy atom. The molecule has 1 aliphatic rings. The van der Waals surface area contributed by atoms with E-state index in [1.54, 1.807) is 6.92 Å². The summed E-state index contributed by atoms with van der Waals surface area (Å²) in [6.45, 7) is 6.61. The number of amides is 1. The van der Waals surface area contributed by atoms with Gasteiger partial charge in [-0.3, -0.25) is 0 Å². The normalized spacial score (nSPS) is 27.6. The molecule has 31 heavy (non-hydrogen) atoms. The van der Waals surface area contributed by atoms with E-state index in [1.165, 1.54) is 27.7 Å². The Kier molecular flexibility index (Phi) is 8.61. The third-order valence-electron chi connectivity index (χ3n) is 4.45. The molecule has 0 unspecified atom stereocenters. The van der Waals surface area contributed by atoms with Gasteiger partial charge < -0.3 is 0 Å². The fourth-order valence-electron chi connectivity index (χ4n) is 3.37. The van der Waals surface area contributed by atoms with Crippen molar-refractivity contribution >= 4 is 43.2 Å². The van der Waals surface area contributed by atoms with E-state index in [0.29, 0.717) is 0 Å². The summed E-state index contributed by atoms with van der Waals surface area (Å²) in [5, 5.41) is 2.81. The van der Waals surface area contributed by atoms with Crippen LogP contribution < -0.4 is 9.78 Å². The number of hydrogen-bond donors (Lipinski definition) is 1. The third-order valence-corrected chi connectivity index (χ3v) is 7.10. The van der Waals surface area contributed by atoms with Crippen molar-refractivity contribution in [2.75, 3.05) is 6.61 Å². The van der Waals surface area contributed by atoms with E-state index in [2.05, 4.69) is 5.32 Å². The van der Waals surface area contributed by atoms with Gasteiger partial charge in [0, 0.05) is 0 Å². The van der Waals surface area contributed by atoms with Crippen LogP contribution in [0.4, 0.5) is 0 Å². The monoisotopic (exact) mass is 501 g/mol. The van der Waals surface area contributed by atoms with Gasteiger partial charge in [-0.1, -0.05) is 0 Å². The molecule has 10 heteroatoms. The molecule has 2 rings (SSSR count). The predicted octanol–water partition coefficient (Wildman–Crippen LogP) is 0.0623. The van der Waals surface area contributed by atoms with Gasteiger partial charge in [0.25, 0.3) is 0 Å². The van der Waals surface area contributed by atoms with Crippen LogP contribution in [0.5, 0.6) is 0 Å². The van der Waals surface area contributed by atoms with Crippen LogP contribution in [0.2, 0.25) is 0 Å². The topological polar surface area (TPSA) is 117 Å². The second kappa shape index (κ2) is 10.7. The third kappa shape index (κ3) is 7.05. The van der Waals surface area contributed by atoms with E-state index in [9.17, 15) is 19.2 Å². The first-order valence-electron chi connectivity index (χ1n) is 9.68. The number of benzene rings is 1. The van der Waals surface area contributed by atoms with E-state index >= 15 is 0 Å². The molecule has 1 aromatic carbocycles. The molecule has 1 aromatic rings. The average molecular weight is 500 g/mol. The van der Waals surface area contributed by atoms with Crippen molar-refractivity contribution in [3.8, 4) is 0 Å². The number of rotatable bonds is 7. The van der Waals surface area contributed by atoms with Gasteiger partial charge >= 0.3 is 187 Å². The molecule has 0 bridgehead atoms. The quantitative estimate of drug-likeness (QED) is 0.318. The number of nitrogens with one attached hydrogen (secondary N) is 1.